The van der Waals surface area contributed by atoms with E-state index >= 15 is 0 Å². The minimum absolute atomic E-state index is 0.548. The maximum Gasteiger partial charge on any atom is 0.0938 e. The molecular formula is C10H10N4S. The predicted molar refractivity (Wildman–Crippen MR) is 62.0 cm³/mol. The molecule has 15 heavy (non-hydrogen) atoms. The Balaban J connectivity index is 2.05. The van der Waals surface area contributed by atoms with Crippen molar-refractivity contribution in [3.63, 3.8) is 0 Å². The molecule has 0 aliphatic heterocycles. The smallest absolute Gasteiger partial charge is 0.0938 e. The highest BCUT2D eigenvalue weighted by atomic mass is 32.1. The molecule has 0 amide bonds. The molecule has 2 rings (SSSR count). The van der Waals surface area contributed by atoms with Gasteiger partial charge in [0.05, 0.1) is 15.2 Å². The molecule has 0 unspecified atom stereocenters. The summed E-state index contributed by atoms with van der Waals surface area (Å²) in [6.07, 6.45) is 1.75. The number of azide groups is 1. The van der Waals surface area contributed by atoms with Crippen LogP contribution in [0, 0.1) is 0 Å². The van der Waals surface area contributed by atoms with E-state index in [0.29, 0.717) is 6.54 Å². The Bertz CT molecular complexity index is 466. The first-order valence-corrected chi connectivity index (χ1v) is 5.57. The fraction of sp³-hybridized carbons (Fsp3) is 0.300. The molecule has 0 aliphatic rings. The van der Waals surface area contributed by atoms with Gasteiger partial charge in [0.1, 0.15) is 0 Å². The maximum absolute atomic E-state index is 8.12. The molecule has 5 heteroatoms. The molecule has 4 nitrogen and oxygen atoms in total. The third-order valence-electron chi connectivity index (χ3n) is 2.05. The molecule has 0 atom stereocenters. The largest absolute Gasteiger partial charge is 0.241 e. The minimum atomic E-state index is 0.548. The van der Waals surface area contributed by atoms with Crippen molar-refractivity contribution in [3.8, 4) is 0 Å². The van der Waals surface area contributed by atoms with Gasteiger partial charge in [0.25, 0.3) is 0 Å². The van der Waals surface area contributed by atoms with Crippen LogP contribution in [0.4, 0.5) is 0 Å². The van der Waals surface area contributed by atoms with E-state index in [-0.39, 0.29) is 0 Å². The molecule has 0 bridgehead atoms. The third kappa shape index (κ3) is 2.46. The van der Waals surface area contributed by atoms with Gasteiger partial charge in [-0.05, 0) is 30.5 Å². The normalized spacial score (nSPS) is 10.1. The molecule has 1 aromatic heterocycles. The van der Waals surface area contributed by atoms with Gasteiger partial charge >= 0.3 is 0 Å². The van der Waals surface area contributed by atoms with E-state index in [1.165, 1.54) is 4.70 Å². The van der Waals surface area contributed by atoms with Crippen molar-refractivity contribution in [2.75, 3.05) is 6.54 Å². The Morgan fingerprint density at radius 3 is 3.07 bits per heavy atom. The lowest BCUT2D eigenvalue weighted by atomic mass is 10.3. The second kappa shape index (κ2) is 4.77. The number of para-hydroxylation sites is 1. The van der Waals surface area contributed by atoms with Crippen LogP contribution in [0.3, 0.4) is 0 Å². The van der Waals surface area contributed by atoms with Crippen molar-refractivity contribution >= 4 is 21.6 Å². The summed E-state index contributed by atoms with van der Waals surface area (Å²) in [5, 5.41) is 4.61. The van der Waals surface area contributed by atoms with Crippen molar-refractivity contribution in [2.24, 2.45) is 5.11 Å². The number of thiazole rings is 1. The van der Waals surface area contributed by atoms with Crippen LogP contribution in [0.2, 0.25) is 0 Å². The zero-order chi connectivity index (χ0) is 10.5. The summed E-state index contributed by atoms with van der Waals surface area (Å²) in [6.45, 7) is 0.548. The van der Waals surface area contributed by atoms with Crippen LogP contribution in [0.15, 0.2) is 29.4 Å². The standard InChI is InChI=1S/C10H10N4S/c11-14-12-7-3-6-10-13-8-4-1-2-5-9(8)15-10/h1-2,4-5H,3,6-7H2. The van der Waals surface area contributed by atoms with Gasteiger partial charge in [-0.2, -0.15) is 0 Å². The number of nitrogens with zero attached hydrogens (tertiary/aromatic N) is 4. The first kappa shape index (κ1) is 9.96. The van der Waals surface area contributed by atoms with Crippen LogP contribution in [0.5, 0.6) is 0 Å². The van der Waals surface area contributed by atoms with Crippen LogP contribution in [-0.2, 0) is 6.42 Å². The maximum atomic E-state index is 8.12. The quantitative estimate of drug-likeness (QED) is 0.335. The Morgan fingerprint density at radius 2 is 2.27 bits per heavy atom. The first-order valence-electron chi connectivity index (χ1n) is 4.75. The summed E-state index contributed by atoms with van der Waals surface area (Å²) in [5.74, 6) is 0. The van der Waals surface area contributed by atoms with Crippen LogP contribution in [0.1, 0.15) is 11.4 Å². The van der Waals surface area contributed by atoms with Crippen molar-refractivity contribution < 1.29 is 0 Å². The third-order valence-corrected chi connectivity index (χ3v) is 3.15. The molecule has 1 heterocycles. The summed E-state index contributed by atoms with van der Waals surface area (Å²) >= 11 is 1.71. The Hall–Kier alpha value is -1.58. The van der Waals surface area contributed by atoms with E-state index < -0.39 is 0 Å². The molecule has 0 radical (unpaired) electrons. The number of benzene rings is 1. The van der Waals surface area contributed by atoms with E-state index in [0.717, 1.165) is 23.4 Å². The first-order chi connectivity index (χ1) is 7.40. The molecule has 0 saturated carbocycles. The summed E-state index contributed by atoms with van der Waals surface area (Å²) in [7, 11) is 0. The van der Waals surface area contributed by atoms with Gasteiger partial charge in [-0.15, -0.1) is 11.3 Å². The molecule has 0 fully saturated rings. The summed E-state index contributed by atoms with van der Waals surface area (Å²) in [4.78, 5) is 7.21. The Labute approximate surface area is 91.2 Å². The topological polar surface area (TPSA) is 61.7 Å². The van der Waals surface area contributed by atoms with E-state index in [1.807, 2.05) is 18.2 Å². The van der Waals surface area contributed by atoms with Gasteiger partial charge in [0.15, 0.2) is 0 Å². The molecule has 0 saturated heterocycles. The zero-order valence-electron chi connectivity index (χ0n) is 8.13. The number of aromatic nitrogens is 1. The van der Waals surface area contributed by atoms with Crippen molar-refractivity contribution in [1.82, 2.24) is 4.98 Å². The van der Waals surface area contributed by atoms with Crippen molar-refractivity contribution in [1.29, 1.82) is 0 Å². The molecule has 0 aliphatic carbocycles. The van der Waals surface area contributed by atoms with Crippen molar-refractivity contribution in [2.45, 2.75) is 12.8 Å². The predicted octanol–water partition coefficient (Wildman–Crippen LogP) is 3.54. The molecule has 2 aromatic rings. The Morgan fingerprint density at radius 1 is 1.40 bits per heavy atom. The second-order valence-corrected chi connectivity index (χ2v) is 4.25. The number of hydrogen-bond donors (Lipinski definition) is 0. The lowest BCUT2D eigenvalue weighted by Crippen LogP contribution is -1.85. The van der Waals surface area contributed by atoms with Gasteiger partial charge in [-0.3, -0.25) is 0 Å². The van der Waals surface area contributed by atoms with E-state index in [9.17, 15) is 0 Å². The van der Waals surface area contributed by atoms with Gasteiger partial charge in [-0.1, -0.05) is 17.2 Å². The summed E-state index contributed by atoms with van der Waals surface area (Å²) < 4.78 is 1.22. The monoisotopic (exact) mass is 218 g/mol. The number of aryl methyl sites for hydroxylation is 1. The minimum Gasteiger partial charge on any atom is -0.241 e. The van der Waals surface area contributed by atoms with E-state index in [4.69, 9.17) is 5.53 Å². The SMILES string of the molecule is [N-]=[N+]=NCCCc1nc2ccccc2s1. The fourth-order valence-electron chi connectivity index (χ4n) is 1.37. The molecule has 0 N–H and O–H groups in total. The van der Waals surface area contributed by atoms with Crippen LogP contribution in [-0.4, -0.2) is 11.5 Å². The zero-order valence-corrected chi connectivity index (χ0v) is 8.94. The number of fused-ring (bicyclic) bond motifs is 1. The average Bonchev–Trinajstić information content (AvgIpc) is 2.67. The molecule has 0 spiro atoms. The van der Waals surface area contributed by atoms with Gasteiger partial charge in [0, 0.05) is 11.5 Å². The van der Waals surface area contributed by atoms with E-state index in [1.54, 1.807) is 11.3 Å². The van der Waals surface area contributed by atoms with Gasteiger partial charge in [0.2, 0.25) is 0 Å². The lowest BCUT2D eigenvalue weighted by molar-refractivity contribution is 0.823. The number of hydrogen-bond acceptors (Lipinski definition) is 3. The highest BCUT2D eigenvalue weighted by Crippen LogP contribution is 2.22. The second-order valence-electron chi connectivity index (χ2n) is 3.13. The number of rotatable bonds is 4. The van der Waals surface area contributed by atoms with Crippen molar-refractivity contribution in [3.05, 3.63) is 39.7 Å². The molecular weight excluding hydrogens is 208 g/mol. The van der Waals surface area contributed by atoms with Crippen LogP contribution in [0.25, 0.3) is 20.7 Å². The van der Waals surface area contributed by atoms with Gasteiger partial charge < -0.3 is 0 Å². The van der Waals surface area contributed by atoms with E-state index in [2.05, 4.69) is 21.1 Å². The highest BCUT2D eigenvalue weighted by molar-refractivity contribution is 7.18. The van der Waals surface area contributed by atoms with Crippen LogP contribution < -0.4 is 0 Å². The lowest BCUT2D eigenvalue weighted by Gasteiger charge is -1.89. The molecule has 76 valence electrons. The van der Waals surface area contributed by atoms with Gasteiger partial charge in [-0.25, -0.2) is 4.98 Å². The molecule has 1 aromatic carbocycles. The Kier molecular flexibility index (Phi) is 3.17. The highest BCUT2D eigenvalue weighted by Gasteiger charge is 2.01. The average molecular weight is 218 g/mol. The summed E-state index contributed by atoms with van der Waals surface area (Å²) in [6, 6.07) is 8.10. The summed E-state index contributed by atoms with van der Waals surface area (Å²) in [5.41, 5.74) is 9.18. The fourth-order valence-corrected chi connectivity index (χ4v) is 2.38. The van der Waals surface area contributed by atoms with Crippen LogP contribution >= 0.6 is 11.3 Å².